The Kier molecular flexibility index (Phi) is 3.58. The molecule has 0 atom stereocenters. The van der Waals surface area contributed by atoms with E-state index in [0.717, 1.165) is 18.4 Å². The molecule has 0 saturated heterocycles. The third-order valence-electron chi connectivity index (χ3n) is 2.25. The molecule has 6 heteroatoms. The van der Waals surface area contributed by atoms with Gasteiger partial charge < -0.3 is 4.74 Å². The van der Waals surface area contributed by atoms with Gasteiger partial charge in [0.1, 0.15) is 11.5 Å². The van der Waals surface area contributed by atoms with E-state index in [0.29, 0.717) is 16.8 Å². The Morgan fingerprint density at radius 3 is 2.88 bits per heavy atom. The van der Waals surface area contributed by atoms with Crippen LogP contribution in [0.1, 0.15) is 18.9 Å². The second-order valence-corrected chi connectivity index (χ2v) is 4.01. The minimum absolute atomic E-state index is 0.445. The molecule has 0 bridgehead atoms. The fourth-order valence-electron chi connectivity index (χ4n) is 1.49. The number of aryl methyl sites for hydroxylation is 1. The van der Waals surface area contributed by atoms with E-state index in [9.17, 15) is 0 Å². The van der Waals surface area contributed by atoms with Crippen molar-refractivity contribution >= 4 is 11.6 Å². The smallest absolute Gasteiger partial charge is 0.227 e. The Hall–Kier alpha value is -1.62. The van der Waals surface area contributed by atoms with E-state index in [1.165, 1.54) is 6.33 Å². The maximum Gasteiger partial charge on any atom is 0.227 e. The van der Waals surface area contributed by atoms with E-state index in [4.69, 9.17) is 16.3 Å². The molecule has 0 aromatic carbocycles. The van der Waals surface area contributed by atoms with Gasteiger partial charge >= 0.3 is 0 Å². The van der Waals surface area contributed by atoms with Gasteiger partial charge in [0.15, 0.2) is 5.75 Å². The van der Waals surface area contributed by atoms with Crippen molar-refractivity contribution in [3.8, 4) is 11.6 Å². The van der Waals surface area contributed by atoms with Gasteiger partial charge in [-0.25, -0.2) is 9.97 Å². The zero-order valence-electron chi connectivity index (χ0n) is 9.72. The second kappa shape index (κ2) is 5.14. The molecule has 2 heterocycles. The summed E-state index contributed by atoms with van der Waals surface area (Å²) in [5, 5.41) is 4.47. The van der Waals surface area contributed by atoms with Crippen LogP contribution in [-0.4, -0.2) is 19.7 Å². The fraction of sp³-hybridized carbons (Fsp3) is 0.364. The highest BCUT2D eigenvalue weighted by atomic mass is 35.5. The van der Waals surface area contributed by atoms with Crippen molar-refractivity contribution < 1.29 is 4.74 Å². The molecule has 0 N–H and O–H groups in total. The van der Waals surface area contributed by atoms with E-state index in [-0.39, 0.29) is 0 Å². The summed E-state index contributed by atoms with van der Waals surface area (Å²) >= 11 is 6.03. The van der Waals surface area contributed by atoms with Crippen molar-refractivity contribution in [1.82, 2.24) is 19.7 Å². The van der Waals surface area contributed by atoms with Crippen LogP contribution in [0.5, 0.6) is 11.6 Å². The minimum atomic E-state index is 0.445. The van der Waals surface area contributed by atoms with E-state index >= 15 is 0 Å². The molecule has 2 aromatic heterocycles. The van der Waals surface area contributed by atoms with Crippen molar-refractivity contribution in [3.63, 3.8) is 0 Å². The van der Waals surface area contributed by atoms with E-state index in [2.05, 4.69) is 22.0 Å². The third kappa shape index (κ3) is 2.74. The summed E-state index contributed by atoms with van der Waals surface area (Å²) in [7, 11) is 1.83. The number of hydrogen-bond donors (Lipinski definition) is 0. The summed E-state index contributed by atoms with van der Waals surface area (Å²) in [5.74, 6) is 1.14. The number of hydrogen-bond acceptors (Lipinski definition) is 4. The molecule has 0 aliphatic heterocycles. The fourth-order valence-corrected chi connectivity index (χ4v) is 1.71. The van der Waals surface area contributed by atoms with Crippen LogP contribution >= 0.6 is 11.6 Å². The van der Waals surface area contributed by atoms with Gasteiger partial charge in [0.25, 0.3) is 0 Å². The van der Waals surface area contributed by atoms with Crippen LogP contribution in [-0.2, 0) is 13.5 Å². The lowest BCUT2D eigenvalue weighted by atomic mass is 10.2. The average molecular weight is 253 g/mol. The van der Waals surface area contributed by atoms with Gasteiger partial charge in [-0.3, -0.25) is 4.68 Å². The molecule has 0 saturated carbocycles. The van der Waals surface area contributed by atoms with Gasteiger partial charge in [-0.15, -0.1) is 0 Å². The molecule has 2 rings (SSSR count). The number of nitrogens with zero attached hydrogens (tertiary/aromatic N) is 4. The highest BCUT2D eigenvalue weighted by molar-refractivity contribution is 6.30. The molecule has 0 aliphatic carbocycles. The van der Waals surface area contributed by atoms with Crippen LogP contribution in [0.15, 0.2) is 18.7 Å². The predicted molar refractivity (Wildman–Crippen MR) is 64.3 cm³/mol. The SMILES string of the molecule is CCCc1c(Cl)ncnc1Oc1cnn(C)c1. The van der Waals surface area contributed by atoms with Crippen LogP contribution in [0.25, 0.3) is 0 Å². The van der Waals surface area contributed by atoms with Crippen LogP contribution in [0.2, 0.25) is 5.15 Å². The molecule has 17 heavy (non-hydrogen) atoms. The molecular weight excluding hydrogens is 240 g/mol. The van der Waals surface area contributed by atoms with Gasteiger partial charge in [-0.05, 0) is 6.42 Å². The molecule has 2 aromatic rings. The zero-order chi connectivity index (χ0) is 12.3. The summed E-state index contributed by atoms with van der Waals surface area (Å²) in [6.07, 6.45) is 6.54. The largest absolute Gasteiger partial charge is 0.435 e. The number of ether oxygens (including phenoxy) is 1. The number of aromatic nitrogens is 4. The lowest BCUT2D eigenvalue weighted by molar-refractivity contribution is 0.453. The Balaban J connectivity index is 2.28. The van der Waals surface area contributed by atoms with Gasteiger partial charge in [-0.2, -0.15) is 5.10 Å². The summed E-state index contributed by atoms with van der Waals surface area (Å²) in [6, 6.07) is 0. The van der Waals surface area contributed by atoms with Crippen molar-refractivity contribution in [3.05, 3.63) is 29.4 Å². The average Bonchev–Trinajstić information content (AvgIpc) is 2.69. The van der Waals surface area contributed by atoms with Gasteiger partial charge in [0.05, 0.1) is 18.0 Å². The van der Waals surface area contributed by atoms with Gasteiger partial charge in [-0.1, -0.05) is 24.9 Å². The summed E-state index contributed by atoms with van der Waals surface area (Å²) in [6.45, 7) is 2.07. The Labute approximate surface area is 104 Å². The maximum absolute atomic E-state index is 6.03. The Bertz CT molecular complexity index is 512. The lowest BCUT2D eigenvalue weighted by Crippen LogP contribution is -1.97. The first-order chi connectivity index (χ1) is 8.20. The van der Waals surface area contributed by atoms with Crippen LogP contribution in [0.4, 0.5) is 0 Å². The molecule has 0 amide bonds. The van der Waals surface area contributed by atoms with Crippen molar-refractivity contribution in [2.75, 3.05) is 0 Å². The van der Waals surface area contributed by atoms with Crippen LogP contribution in [0.3, 0.4) is 0 Å². The lowest BCUT2D eigenvalue weighted by Gasteiger charge is -2.08. The summed E-state index contributed by atoms with van der Waals surface area (Å²) in [5.41, 5.74) is 0.834. The predicted octanol–water partition coefficient (Wildman–Crippen LogP) is 2.61. The van der Waals surface area contributed by atoms with E-state index in [1.54, 1.807) is 17.1 Å². The molecule has 5 nitrogen and oxygen atoms in total. The Morgan fingerprint density at radius 2 is 2.24 bits per heavy atom. The first-order valence-corrected chi connectivity index (χ1v) is 5.74. The quantitative estimate of drug-likeness (QED) is 0.785. The van der Waals surface area contributed by atoms with Crippen LogP contribution < -0.4 is 4.74 Å². The summed E-state index contributed by atoms with van der Waals surface area (Å²) < 4.78 is 7.31. The number of rotatable bonds is 4. The van der Waals surface area contributed by atoms with E-state index < -0.39 is 0 Å². The zero-order valence-corrected chi connectivity index (χ0v) is 10.5. The van der Waals surface area contributed by atoms with Crippen molar-refractivity contribution in [2.45, 2.75) is 19.8 Å². The highest BCUT2D eigenvalue weighted by Crippen LogP contribution is 2.27. The van der Waals surface area contributed by atoms with Crippen molar-refractivity contribution in [1.29, 1.82) is 0 Å². The topological polar surface area (TPSA) is 52.8 Å². The second-order valence-electron chi connectivity index (χ2n) is 3.65. The first-order valence-electron chi connectivity index (χ1n) is 5.36. The normalized spacial score (nSPS) is 10.5. The van der Waals surface area contributed by atoms with Gasteiger partial charge in [0.2, 0.25) is 5.88 Å². The molecule has 0 radical (unpaired) electrons. The molecule has 0 unspecified atom stereocenters. The van der Waals surface area contributed by atoms with E-state index in [1.807, 2.05) is 7.05 Å². The van der Waals surface area contributed by atoms with Crippen LogP contribution in [0, 0.1) is 0 Å². The third-order valence-corrected chi connectivity index (χ3v) is 2.57. The molecule has 0 spiro atoms. The van der Waals surface area contributed by atoms with Gasteiger partial charge in [0, 0.05) is 7.05 Å². The first kappa shape index (κ1) is 11.9. The monoisotopic (exact) mass is 252 g/mol. The molecule has 0 fully saturated rings. The number of halogens is 1. The summed E-state index contributed by atoms with van der Waals surface area (Å²) in [4.78, 5) is 8.07. The highest BCUT2D eigenvalue weighted by Gasteiger charge is 2.11. The molecule has 90 valence electrons. The standard InChI is InChI=1S/C11H13ClN4O/c1-3-4-9-10(12)13-7-14-11(9)17-8-5-15-16(2)6-8/h5-7H,3-4H2,1-2H3. The molecule has 0 aliphatic rings. The van der Waals surface area contributed by atoms with Crippen molar-refractivity contribution in [2.24, 2.45) is 7.05 Å². The molecular formula is C11H13ClN4O. The Morgan fingerprint density at radius 1 is 1.41 bits per heavy atom. The minimum Gasteiger partial charge on any atom is -0.435 e. The maximum atomic E-state index is 6.03.